The lowest BCUT2D eigenvalue weighted by Gasteiger charge is -2.24. The molecule has 1 heterocycles. The zero-order valence-corrected chi connectivity index (χ0v) is 20.5. The summed E-state index contributed by atoms with van der Waals surface area (Å²) in [6, 6.07) is 11.7. The van der Waals surface area contributed by atoms with Crippen molar-refractivity contribution in [3.63, 3.8) is 0 Å². The fourth-order valence-electron chi connectivity index (χ4n) is 2.59. The molecule has 0 amide bonds. The number of aryl methyl sites for hydroxylation is 1. The molecule has 0 saturated carbocycles. The molecule has 3 N–H and O–H groups in total. The van der Waals surface area contributed by atoms with Crippen LogP contribution in [0.25, 0.3) is 0 Å². The summed E-state index contributed by atoms with van der Waals surface area (Å²) >= 11 is 0. The van der Waals surface area contributed by atoms with Crippen LogP contribution in [-0.2, 0) is 0 Å². The number of pyridine rings is 1. The van der Waals surface area contributed by atoms with Crippen LogP contribution in [-0.4, -0.2) is 30.9 Å². The predicted molar refractivity (Wildman–Crippen MR) is 134 cm³/mol. The van der Waals surface area contributed by atoms with E-state index < -0.39 is 0 Å². The third-order valence-corrected chi connectivity index (χ3v) is 3.66. The van der Waals surface area contributed by atoms with Crippen LogP contribution in [0, 0.1) is 12.3 Å². The van der Waals surface area contributed by atoms with Crippen LogP contribution < -0.4 is 15.4 Å². The van der Waals surface area contributed by atoms with Crippen LogP contribution in [0.4, 0.5) is 11.5 Å². The van der Waals surface area contributed by atoms with Gasteiger partial charge in [-0.2, -0.15) is 4.98 Å². The van der Waals surface area contributed by atoms with Crippen molar-refractivity contribution < 1.29 is 4.74 Å². The zero-order chi connectivity index (χ0) is 23.4. The smallest absolute Gasteiger partial charge is 0.217 e. The SMILES string of the molecule is CC.CC.CCCN(CCC)c1cc(N)nc(OCC)c1.Cc1cccc(C=N)c1. The van der Waals surface area contributed by atoms with Gasteiger partial charge in [0, 0.05) is 37.1 Å². The molecule has 0 aliphatic carbocycles. The van der Waals surface area contributed by atoms with Gasteiger partial charge >= 0.3 is 0 Å². The Morgan fingerprint density at radius 2 is 1.60 bits per heavy atom. The molecule has 1 aromatic carbocycles. The van der Waals surface area contributed by atoms with Crippen LogP contribution in [0.3, 0.4) is 0 Å². The molecule has 0 unspecified atom stereocenters. The van der Waals surface area contributed by atoms with Crippen LogP contribution in [0.1, 0.15) is 72.4 Å². The Labute approximate surface area is 185 Å². The Morgan fingerprint density at radius 1 is 1.00 bits per heavy atom. The number of rotatable bonds is 8. The molecule has 1 aromatic heterocycles. The van der Waals surface area contributed by atoms with Crippen molar-refractivity contribution in [3.8, 4) is 5.88 Å². The molecule has 0 aliphatic rings. The summed E-state index contributed by atoms with van der Waals surface area (Å²) in [5.74, 6) is 1.13. The summed E-state index contributed by atoms with van der Waals surface area (Å²) < 4.78 is 5.42. The minimum Gasteiger partial charge on any atom is -0.478 e. The van der Waals surface area contributed by atoms with E-state index in [2.05, 4.69) is 23.7 Å². The van der Waals surface area contributed by atoms with Crippen molar-refractivity contribution in [2.75, 3.05) is 30.3 Å². The first-order valence-electron chi connectivity index (χ1n) is 11.3. The lowest BCUT2D eigenvalue weighted by molar-refractivity contribution is 0.327. The van der Waals surface area contributed by atoms with Gasteiger partial charge in [0.2, 0.25) is 5.88 Å². The summed E-state index contributed by atoms with van der Waals surface area (Å²) in [5.41, 5.74) is 9.08. The molecule has 0 aliphatic heterocycles. The van der Waals surface area contributed by atoms with Crippen LogP contribution >= 0.6 is 0 Å². The molecule has 0 atom stereocenters. The van der Waals surface area contributed by atoms with E-state index in [9.17, 15) is 0 Å². The maximum atomic E-state index is 6.92. The minimum absolute atomic E-state index is 0.517. The number of hydrogen-bond acceptors (Lipinski definition) is 5. The first kappa shape index (κ1) is 29.6. The predicted octanol–water partition coefficient (Wildman–Crippen LogP) is 6.73. The topological polar surface area (TPSA) is 75.2 Å². The maximum Gasteiger partial charge on any atom is 0.217 e. The number of nitrogens with one attached hydrogen (secondary N) is 1. The molecule has 0 fully saturated rings. The highest BCUT2D eigenvalue weighted by Crippen LogP contribution is 2.23. The number of benzene rings is 1. The second kappa shape index (κ2) is 19.7. The van der Waals surface area contributed by atoms with E-state index in [1.165, 1.54) is 11.8 Å². The van der Waals surface area contributed by atoms with Crippen molar-refractivity contribution in [2.24, 2.45) is 0 Å². The molecule has 30 heavy (non-hydrogen) atoms. The first-order valence-corrected chi connectivity index (χ1v) is 11.3. The third kappa shape index (κ3) is 12.8. The molecule has 5 nitrogen and oxygen atoms in total. The van der Waals surface area contributed by atoms with Crippen molar-refractivity contribution in [2.45, 2.75) is 68.2 Å². The summed E-state index contributed by atoms with van der Waals surface area (Å²) in [6.07, 6.45) is 3.59. The maximum absolute atomic E-state index is 6.92. The quantitative estimate of drug-likeness (QED) is 0.468. The summed E-state index contributed by atoms with van der Waals surface area (Å²) in [4.78, 5) is 6.48. The highest BCUT2D eigenvalue weighted by atomic mass is 16.5. The van der Waals surface area contributed by atoms with Gasteiger partial charge in [-0.25, -0.2) is 0 Å². The van der Waals surface area contributed by atoms with E-state index in [0.29, 0.717) is 18.3 Å². The lowest BCUT2D eigenvalue weighted by Crippen LogP contribution is -2.25. The summed E-state index contributed by atoms with van der Waals surface area (Å²) in [6.45, 7) is 19.0. The number of nitrogen functional groups attached to an aromatic ring is 1. The van der Waals surface area contributed by atoms with Crippen LogP contribution in [0.2, 0.25) is 0 Å². The Balaban J connectivity index is 0. The zero-order valence-electron chi connectivity index (χ0n) is 20.5. The van der Waals surface area contributed by atoms with E-state index >= 15 is 0 Å². The van der Waals surface area contributed by atoms with E-state index in [1.54, 1.807) is 0 Å². The number of anilines is 2. The summed E-state index contributed by atoms with van der Waals surface area (Å²) in [7, 11) is 0. The van der Waals surface area contributed by atoms with E-state index in [4.69, 9.17) is 15.9 Å². The van der Waals surface area contributed by atoms with Gasteiger partial charge < -0.3 is 20.8 Å². The largest absolute Gasteiger partial charge is 0.478 e. The first-order chi connectivity index (χ1) is 14.5. The monoisotopic (exact) mass is 416 g/mol. The van der Waals surface area contributed by atoms with Crippen molar-refractivity contribution in [3.05, 3.63) is 47.5 Å². The molecule has 170 valence electrons. The highest BCUT2D eigenvalue weighted by molar-refractivity contribution is 5.76. The van der Waals surface area contributed by atoms with Gasteiger partial charge in [0.05, 0.1) is 6.61 Å². The highest BCUT2D eigenvalue weighted by Gasteiger charge is 2.08. The van der Waals surface area contributed by atoms with Gasteiger partial charge in [0.15, 0.2) is 0 Å². The van der Waals surface area contributed by atoms with Crippen molar-refractivity contribution >= 4 is 17.7 Å². The molecule has 2 aromatic rings. The molecule has 5 heteroatoms. The number of ether oxygens (including phenoxy) is 1. The van der Waals surface area contributed by atoms with Gasteiger partial charge in [0.25, 0.3) is 0 Å². The fraction of sp³-hybridized carbons (Fsp3) is 0.520. The molecule has 0 bridgehead atoms. The van der Waals surface area contributed by atoms with Gasteiger partial charge in [-0.3, -0.25) is 0 Å². The molecular weight excluding hydrogens is 372 g/mol. The molecule has 0 saturated heterocycles. The number of nitrogens with zero attached hydrogens (tertiary/aromatic N) is 2. The van der Waals surface area contributed by atoms with Gasteiger partial charge in [-0.05, 0) is 32.3 Å². The fourth-order valence-corrected chi connectivity index (χ4v) is 2.59. The average Bonchev–Trinajstić information content (AvgIpc) is 2.77. The Bertz CT molecular complexity index is 668. The van der Waals surface area contributed by atoms with Gasteiger partial charge in [-0.1, -0.05) is 71.4 Å². The van der Waals surface area contributed by atoms with Crippen molar-refractivity contribution in [1.29, 1.82) is 5.41 Å². The number of aromatic nitrogens is 1. The van der Waals surface area contributed by atoms with E-state index in [0.717, 1.165) is 37.2 Å². The second-order valence-corrected chi connectivity index (χ2v) is 6.07. The van der Waals surface area contributed by atoms with E-state index in [-0.39, 0.29) is 0 Å². The third-order valence-electron chi connectivity index (χ3n) is 3.66. The molecule has 0 spiro atoms. The summed E-state index contributed by atoms with van der Waals surface area (Å²) in [5, 5.41) is 6.92. The number of hydrogen-bond donors (Lipinski definition) is 2. The lowest BCUT2D eigenvalue weighted by atomic mass is 10.2. The minimum atomic E-state index is 0.517. The Kier molecular flexibility index (Phi) is 19.5. The van der Waals surface area contributed by atoms with Gasteiger partial charge in [0.1, 0.15) is 5.82 Å². The number of nitrogens with two attached hydrogens (primary N) is 1. The molecule has 0 radical (unpaired) electrons. The average molecular weight is 417 g/mol. The Hall–Kier alpha value is -2.56. The normalized spacial score (nSPS) is 8.93. The van der Waals surface area contributed by atoms with Crippen LogP contribution in [0.15, 0.2) is 36.4 Å². The molecule has 2 rings (SSSR count). The Morgan fingerprint density at radius 3 is 2.03 bits per heavy atom. The molecular formula is C25H44N4O. The van der Waals surface area contributed by atoms with Crippen LogP contribution in [0.5, 0.6) is 5.88 Å². The standard InChI is InChI=1S/C13H23N3O.C8H9N.2C2H6/c1-4-7-16(8-5-2)11-9-12(14)15-13(10-11)17-6-3;1-7-3-2-4-8(5-7)6-9;2*1-2/h9-10H,4-8H2,1-3H3,(H2,14,15);2-6,9H,1H3;2*1-2H3. The van der Waals surface area contributed by atoms with E-state index in [1.807, 2.05) is 77.9 Å². The second-order valence-electron chi connectivity index (χ2n) is 6.07. The van der Waals surface area contributed by atoms with Gasteiger partial charge in [-0.15, -0.1) is 0 Å². The van der Waals surface area contributed by atoms with Crippen molar-refractivity contribution in [1.82, 2.24) is 4.98 Å².